The highest BCUT2D eigenvalue weighted by Gasteiger charge is 2.26. The van der Waals surface area contributed by atoms with Crippen molar-refractivity contribution in [3.05, 3.63) is 17.5 Å². The highest BCUT2D eigenvalue weighted by molar-refractivity contribution is 5.92. The average molecular weight is 287 g/mol. The molecule has 0 saturated carbocycles. The van der Waals surface area contributed by atoms with Crippen molar-refractivity contribution >= 4 is 18.3 Å². The maximum absolute atomic E-state index is 12.3. The smallest absolute Gasteiger partial charge is 0.274 e. The topological polar surface area (TPSA) is 64.2 Å². The molecule has 2 N–H and O–H groups in total. The van der Waals surface area contributed by atoms with Crippen LogP contribution in [0.4, 0.5) is 0 Å². The maximum atomic E-state index is 12.3. The zero-order valence-electron chi connectivity index (χ0n) is 11.8. The van der Waals surface area contributed by atoms with Crippen molar-refractivity contribution < 1.29 is 4.79 Å². The lowest BCUT2D eigenvalue weighted by molar-refractivity contribution is 0.0674. The van der Waals surface area contributed by atoms with E-state index in [1.165, 1.54) is 0 Å². The van der Waals surface area contributed by atoms with Crippen LogP contribution in [-0.2, 0) is 7.05 Å². The molecule has 1 atom stereocenters. The summed E-state index contributed by atoms with van der Waals surface area (Å²) in [6.07, 6.45) is 1.99. The van der Waals surface area contributed by atoms with Crippen molar-refractivity contribution in [1.29, 1.82) is 0 Å². The molecule has 19 heavy (non-hydrogen) atoms. The number of piperidine rings is 1. The van der Waals surface area contributed by atoms with Crippen molar-refractivity contribution in [2.45, 2.75) is 32.7 Å². The predicted molar refractivity (Wildman–Crippen MR) is 77.5 cm³/mol. The first-order chi connectivity index (χ1) is 8.49. The summed E-state index contributed by atoms with van der Waals surface area (Å²) >= 11 is 0. The van der Waals surface area contributed by atoms with Crippen LogP contribution in [0.25, 0.3) is 0 Å². The van der Waals surface area contributed by atoms with Gasteiger partial charge in [0.25, 0.3) is 5.91 Å². The molecule has 0 bridgehead atoms. The lowest BCUT2D eigenvalue weighted by Gasteiger charge is -2.33. The Bertz CT molecular complexity index is 416. The molecule has 1 aliphatic heterocycles. The number of carbonyl (C=O) groups is 1. The SMILES string of the molecule is Cc1cc(C(=O)N2CCC(C(C)N)CC2)nn1C.Cl. The van der Waals surface area contributed by atoms with Gasteiger partial charge in [0.15, 0.2) is 5.69 Å². The number of aromatic nitrogens is 2. The second kappa shape index (κ2) is 6.39. The molecule has 2 rings (SSSR count). The molecule has 1 amide bonds. The van der Waals surface area contributed by atoms with Gasteiger partial charge in [-0.05, 0) is 38.7 Å². The second-order valence-electron chi connectivity index (χ2n) is 5.28. The van der Waals surface area contributed by atoms with Crippen molar-refractivity contribution in [3.63, 3.8) is 0 Å². The summed E-state index contributed by atoms with van der Waals surface area (Å²) < 4.78 is 1.74. The second-order valence-corrected chi connectivity index (χ2v) is 5.28. The minimum atomic E-state index is 0. The number of likely N-dealkylation sites (tertiary alicyclic amines) is 1. The van der Waals surface area contributed by atoms with Crippen LogP contribution in [0, 0.1) is 12.8 Å². The van der Waals surface area contributed by atoms with E-state index in [0.29, 0.717) is 11.6 Å². The molecule has 1 fully saturated rings. The summed E-state index contributed by atoms with van der Waals surface area (Å²) in [5, 5.41) is 4.24. The van der Waals surface area contributed by atoms with Crippen LogP contribution in [-0.4, -0.2) is 39.7 Å². The number of hydrogen-bond acceptors (Lipinski definition) is 3. The van der Waals surface area contributed by atoms with Gasteiger partial charge in [-0.15, -0.1) is 12.4 Å². The first-order valence-electron chi connectivity index (χ1n) is 6.54. The standard InChI is InChI=1S/C13H22N4O.ClH/c1-9-8-12(15-16(9)3)13(18)17-6-4-11(5-7-17)10(2)14;/h8,10-11H,4-7,14H2,1-3H3;1H. The number of carbonyl (C=O) groups excluding carboxylic acids is 1. The largest absolute Gasteiger partial charge is 0.337 e. The lowest BCUT2D eigenvalue weighted by atomic mass is 9.91. The van der Waals surface area contributed by atoms with Gasteiger partial charge in [-0.2, -0.15) is 5.10 Å². The predicted octanol–water partition coefficient (Wildman–Crippen LogP) is 1.35. The van der Waals surface area contributed by atoms with Gasteiger partial charge in [-0.1, -0.05) is 0 Å². The van der Waals surface area contributed by atoms with Crippen LogP contribution in [0.1, 0.15) is 35.9 Å². The van der Waals surface area contributed by atoms with Gasteiger partial charge in [0, 0.05) is 31.9 Å². The quantitative estimate of drug-likeness (QED) is 0.892. The Hall–Kier alpha value is -1.07. The summed E-state index contributed by atoms with van der Waals surface area (Å²) in [6, 6.07) is 2.07. The summed E-state index contributed by atoms with van der Waals surface area (Å²) in [6.45, 7) is 5.58. The minimum Gasteiger partial charge on any atom is -0.337 e. The zero-order chi connectivity index (χ0) is 13.3. The van der Waals surface area contributed by atoms with Crippen molar-refractivity contribution in [2.75, 3.05) is 13.1 Å². The van der Waals surface area contributed by atoms with E-state index in [4.69, 9.17) is 5.73 Å². The molecule has 5 nitrogen and oxygen atoms in total. The van der Waals surface area contributed by atoms with Crippen LogP contribution in [0.5, 0.6) is 0 Å². The number of hydrogen-bond donors (Lipinski definition) is 1. The number of amides is 1. The van der Waals surface area contributed by atoms with Crippen LogP contribution >= 0.6 is 12.4 Å². The van der Waals surface area contributed by atoms with Gasteiger partial charge in [0.2, 0.25) is 0 Å². The van der Waals surface area contributed by atoms with E-state index < -0.39 is 0 Å². The minimum absolute atomic E-state index is 0. The number of nitrogens with zero attached hydrogens (tertiary/aromatic N) is 3. The molecule has 0 radical (unpaired) electrons. The fourth-order valence-electron chi connectivity index (χ4n) is 2.46. The third-order valence-corrected chi connectivity index (χ3v) is 3.90. The molecule has 0 spiro atoms. The zero-order valence-corrected chi connectivity index (χ0v) is 12.6. The first kappa shape index (κ1) is 16.0. The Labute approximate surface area is 120 Å². The van der Waals surface area contributed by atoms with Gasteiger partial charge in [0.1, 0.15) is 0 Å². The lowest BCUT2D eigenvalue weighted by Crippen LogP contribution is -2.42. The highest BCUT2D eigenvalue weighted by atomic mass is 35.5. The normalized spacial score (nSPS) is 18.0. The molecule has 0 aromatic carbocycles. The Morgan fingerprint density at radius 1 is 1.47 bits per heavy atom. The van der Waals surface area contributed by atoms with E-state index in [2.05, 4.69) is 5.10 Å². The van der Waals surface area contributed by atoms with Crippen molar-refractivity contribution in [3.8, 4) is 0 Å². The fraction of sp³-hybridized carbons (Fsp3) is 0.692. The summed E-state index contributed by atoms with van der Waals surface area (Å²) in [5.74, 6) is 0.585. The molecule has 108 valence electrons. The van der Waals surface area contributed by atoms with Gasteiger partial charge in [-0.25, -0.2) is 0 Å². The molecule has 1 aliphatic rings. The number of aryl methyl sites for hydroxylation is 2. The maximum Gasteiger partial charge on any atom is 0.274 e. The Morgan fingerprint density at radius 3 is 2.47 bits per heavy atom. The number of rotatable bonds is 2. The molecule has 1 aromatic rings. The van der Waals surface area contributed by atoms with E-state index in [-0.39, 0.29) is 24.4 Å². The Kier molecular flexibility index (Phi) is 5.38. The summed E-state index contributed by atoms with van der Waals surface area (Å²) in [5.41, 5.74) is 7.46. The van der Waals surface area contributed by atoms with Gasteiger partial charge in [0.05, 0.1) is 0 Å². The van der Waals surface area contributed by atoms with E-state index >= 15 is 0 Å². The monoisotopic (exact) mass is 286 g/mol. The molecular weight excluding hydrogens is 264 g/mol. The van der Waals surface area contributed by atoms with Crippen LogP contribution in [0.2, 0.25) is 0 Å². The summed E-state index contributed by atoms with van der Waals surface area (Å²) in [4.78, 5) is 14.2. The van der Waals surface area contributed by atoms with Crippen LogP contribution < -0.4 is 5.73 Å². The number of nitrogens with two attached hydrogens (primary N) is 1. The Morgan fingerprint density at radius 2 is 2.05 bits per heavy atom. The molecule has 2 heterocycles. The molecular formula is C13H23ClN4O. The fourth-order valence-corrected chi connectivity index (χ4v) is 2.46. The van der Waals surface area contributed by atoms with Crippen molar-refractivity contribution in [2.24, 2.45) is 18.7 Å². The van der Waals surface area contributed by atoms with Gasteiger partial charge in [-0.3, -0.25) is 9.48 Å². The van der Waals surface area contributed by atoms with Crippen LogP contribution in [0.3, 0.4) is 0 Å². The Balaban J connectivity index is 0.00000180. The van der Waals surface area contributed by atoms with E-state index in [1.54, 1.807) is 4.68 Å². The third kappa shape index (κ3) is 3.48. The van der Waals surface area contributed by atoms with Crippen LogP contribution in [0.15, 0.2) is 6.07 Å². The van der Waals surface area contributed by atoms with Crippen molar-refractivity contribution in [1.82, 2.24) is 14.7 Å². The molecule has 6 heteroatoms. The molecule has 1 aromatic heterocycles. The molecule has 1 unspecified atom stereocenters. The van der Waals surface area contributed by atoms with E-state index in [9.17, 15) is 4.79 Å². The summed E-state index contributed by atoms with van der Waals surface area (Å²) in [7, 11) is 1.86. The van der Waals surface area contributed by atoms with Gasteiger partial charge >= 0.3 is 0 Å². The number of halogens is 1. The average Bonchev–Trinajstić information content (AvgIpc) is 2.69. The molecule has 1 saturated heterocycles. The van der Waals surface area contributed by atoms with Gasteiger partial charge < -0.3 is 10.6 Å². The third-order valence-electron chi connectivity index (χ3n) is 3.90. The first-order valence-corrected chi connectivity index (χ1v) is 6.54. The van der Waals surface area contributed by atoms with E-state index in [1.807, 2.05) is 31.9 Å². The molecule has 0 aliphatic carbocycles. The highest BCUT2D eigenvalue weighted by Crippen LogP contribution is 2.20. The van der Waals surface area contributed by atoms with E-state index in [0.717, 1.165) is 31.6 Å².